The van der Waals surface area contributed by atoms with E-state index in [2.05, 4.69) is 9.97 Å². The van der Waals surface area contributed by atoms with Gasteiger partial charge in [0.15, 0.2) is 5.16 Å². The fourth-order valence-electron chi connectivity index (χ4n) is 4.08. The summed E-state index contributed by atoms with van der Waals surface area (Å²) in [5.41, 5.74) is 1.65. The smallest absolute Gasteiger partial charge is 0.244 e. The quantitative estimate of drug-likeness (QED) is 0.487. The molecule has 1 atom stereocenters. The molecule has 0 saturated carbocycles. The van der Waals surface area contributed by atoms with Crippen molar-refractivity contribution in [3.63, 3.8) is 0 Å². The van der Waals surface area contributed by atoms with Crippen LogP contribution in [0.4, 0.5) is 0 Å². The normalized spacial score (nSPS) is 17.2. The first-order valence-corrected chi connectivity index (χ1v) is 13.4. The van der Waals surface area contributed by atoms with Gasteiger partial charge in [-0.15, -0.1) is 0 Å². The molecular weight excluding hydrogens is 460 g/mol. The summed E-state index contributed by atoms with van der Waals surface area (Å²) in [6, 6.07) is 14.0. The molecule has 1 saturated heterocycles. The molecule has 3 aromatic rings. The summed E-state index contributed by atoms with van der Waals surface area (Å²) in [5.74, 6) is 0.765. The lowest BCUT2D eigenvalue weighted by molar-refractivity contribution is -0.130. The number of ether oxygens (including phenoxy) is 1. The zero-order valence-electron chi connectivity index (χ0n) is 18.9. The van der Waals surface area contributed by atoms with Crippen LogP contribution in [0.15, 0.2) is 58.6 Å². The van der Waals surface area contributed by atoms with Gasteiger partial charge in [-0.05, 0) is 37.1 Å². The minimum absolute atomic E-state index is 0.0527. The van der Waals surface area contributed by atoms with Crippen molar-refractivity contribution in [3.05, 3.63) is 48.5 Å². The van der Waals surface area contributed by atoms with Crippen molar-refractivity contribution in [1.29, 1.82) is 0 Å². The maximum Gasteiger partial charge on any atom is 0.244 e. The van der Waals surface area contributed by atoms with Crippen LogP contribution in [0.2, 0.25) is 0 Å². The molecule has 10 heteroatoms. The van der Waals surface area contributed by atoms with Gasteiger partial charge in [-0.25, -0.2) is 13.4 Å². The topological polar surface area (TPSA) is 95.6 Å². The monoisotopic (exact) mass is 488 g/mol. The van der Waals surface area contributed by atoms with Gasteiger partial charge in [-0.1, -0.05) is 43.8 Å². The molecule has 0 unspecified atom stereocenters. The number of hydrogen-bond acceptors (Lipinski definition) is 6. The summed E-state index contributed by atoms with van der Waals surface area (Å²) in [6.45, 7) is 7.03. The number of nitrogens with one attached hydrogen (secondary N) is 1. The summed E-state index contributed by atoms with van der Waals surface area (Å²) < 4.78 is 33.4. The summed E-state index contributed by atoms with van der Waals surface area (Å²) >= 11 is 1.31. The molecule has 0 bridgehead atoms. The lowest BCUT2D eigenvalue weighted by atomic mass is 10.1. The number of aromatic nitrogens is 2. The van der Waals surface area contributed by atoms with Gasteiger partial charge in [0.05, 0.1) is 28.3 Å². The molecule has 1 amide bonds. The van der Waals surface area contributed by atoms with E-state index in [-0.39, 0.29) is 29.0 Å². The van der Waals surface area contributed by atoms with Crippen LogP contribution in [-0.2, 0) is 14.8 Å². The van der Waals surface area contributed by atoms with E-state index in [0.29, 0.717) is 18.3 Å². The second kappa shape index (κ2) is 9.74. The van der Waals surface area contributed by atoms with Crippen LogP contribution >= 0.6 is 11.8 Å². The van der Waals surface area contributed by atoms with Gasteiger partial charge < -0.3 is 14.6 Å². The number of amides is 1. The van der Waals surface area contributed by atoms with E-state index < -0.39 is 16.2 Å². The Morgan fingerprint density at radius 2 is 1.97 bits per heavy atom. The number of fused-ring (bicyclic) bond motifs is 1. The Morgan fingerprint density at radius 1 is 1.21 bits per heavy atom. The molecular formula is C23H28N4O4S2. The van der Waals surface area contributed by atoms with Gasteiger partial charge in [0.1, 0.15) is 11.9 Å². The lowest BCUT2D eigenvalue weighted by Crippen LogP contribution is -2.48. The van der Waals surface area contributed by atoms with E-state index in [1.807, 2.05) is 39.0 Å². The average molecular weight is 489 g/mol. The Morgan fingerprint density at radius 3 is 2.67 bits per heavy atom. The molecule has 1 aliphatic heterocycles. The van der Waals surface area contributed by atoms with Gasteiger partial charge in [-0.3, -0.25) is 4.79 Å². The fraction of sp³-hybridized carbons (Fsp3) is 0.391. The predicted molar refractivity (Wildman–Crippen MR) is 129 cm³/mol. The van der Waals surface area contributed by atoms with Crippen LogP contribution in [0.25, 0.3) is 11.0 Å². The molecule has 1 fully saturated rings. The summed E-state index contributed by atoms with van der Waals surface area (Å²) in [7, 11) is -3.69. The molecule has 1 N–H and O–H groups in total. The number of aromatic amines is 1. The van der Waals surface area contributed by atoms with E-state index in [1.54, 1.807) is 35.2 Å². The zero-order chi connectivity index (χ0) is 23.6. The van der Waals surface area contributed by atoms with Crippen LogP contribution in [0.1, 0.15) is 20.8 Å². The highest BCUT2D eigenvalue weighted by Crippen LogP contribution is 2.30. The molecule has 0 spiro atoms. The Kier molecular flexibility index (Phi) is 6.96. The van der Waals surface area contributed by atoms with E-state index >= 15 is 0 Å². The number of rotatable bonds is 8. The van der Waals surface area contributed by atoms with E-state index in [0.717, 1.165) is 16.8 Å². The predicted octanol–water partition coefficient (Wildman–Crippen LogP) is 3.57. The van der Waals surface area contributed by atoms with E-state index in [1.165, 1.54) is 16.1 Å². The minimum Gasteiger partial charge on any atom is -0.494 e. The molecule has 0 aliphatic carbocycles. The fourth-order valence-corrected chi connectivity index (χ4v) is 6.59. The first-order chi connectivity index (χ1) is 15.8. The SMILES string of the molecule is CCOc1ccc2nc(SCC(=O)N3CCN(S(=O)(=O)c4ccccc4)[C@H]3C(C)C)[nH]c2c1. The molecule has 1 aromatic heterocycles. The highest BCUT2D eigenvalue weighted by molar-refractivity contribution is 7.99. The van der Waals surface area contributed by atoms with Crippen LogP contribution < -0.4 is 4.74 Å². The van der Waals surface area contributed by atoms with Crippen LogP contribution in [0.3, 0.4) is 0 Å². The standard InChI is InChI=1S/C23H28N4O4S2/c1-4-31-17-10-11-19-20(14-17)25-23(24-19)32-15-21(28)26-12-13-27(22(26)16(2)3)33(29,30)18-8-6-5-7-9-18/h5-11,14,16,22H,4,12-13,15H2,1-3H3,(H,24,25)/t22-/m0/s1. The number of imidazole rings is 1. The zero-order valence-corrected chi connectivity index (χ0v) is 20.5. The third-order valence-corrected chi connectivity index (χ3v) is 8.26. The van der Waals surface area contributed by atoms with Crippen LogP contribution in [0, 0.1) is 5.92 Å². The van der Waals surface area contributed by atoms with Crippen molar-refractivity contribution in [2.75, 3.05) is 25.4 Å². The molecule has 8 nitrogen and oxygen atoms in total. The van der Waals surface area contributed by atoms with Crippen LogP contribution in [-0.4, -0.2) is 65.1 Å². The lowest BCUT2D eigenvalue weighted by Gasteiger charge is -2.32. The molecule has 33 heavy (non-hydrogen) atoms. The van der Waals surface area contributed by atoms with E-state index in [9.17, 15) is 13.2 Å². The van der Waals surface area contributed by atoms with Crippen molar-refractivity contribution in [2.24, 2.45) is 5.92 Å². The third-order valence-electron chi connectivity index (χ3n) is 5.52. The van der Waals surface area contributed by atoms with Crippen molar-refractivity contribution in [1.82, 2.24) is 19.2 Å². The Labute approximate surface area is 198 Å². The first-order valence-electron chi connectivity index (χ1n) is 10.9. The number of carbonyl (C=O) groups is 1. The summed E-state index contributed by atoms with van der Waals surface area (Å²) in [5, 5.41) is 0.640. The Balaban J connectivity index is 1.47. The molecule has 176 valence electrons. The third kappa shape index (κ3) is 4.87. The molecule has 2 heterocycles. The number of H-pyrrole nitrogens is 1. The maximum absolute atomic E-state index is 13.2. The van der Waals surface area contributed by atoms with Crippen molar-refractivity contribution >= 4 is 38.7 Å². The Hall–Kier alpha value is -2.56. The minimum atomic E-state index is -3.69. The largest absolute Gasteiger partial charge is 0.494 e. The maximum atomic E-state index is 13.2. The highest BCUT2D eigenvalue weighted by Gasteiger charge is 2.43. The number of nitrogens with zero attached hydrogens (tertiary/aromatic N) is 3. The van der Waals surface area contributed by atoms with Gasteiger partial charge in [0.2, 0.25) is 15.9 Å². The average Bonchev–Trinajstić information content (AvgIpc) is 3.43. The molecule has 2 aromatic carbocycles. The van der Waals surface area contributed by atoms with E-state index in [4.69, 9.17) is 4.74 Å². The number of sulfonamides is 1. The summed E-state index contributed by atoms with van der Waals surface area (Å²) in [6.07, 6.45) is -0.521. The second-order valence-electron chi connectivity index (χ2n) is 8.12. The second-order valence-corrected chi connectivity index (χ2v) is 11.0. The van der Waals surface area contributed by atoms with Gasteiger partial charge in [0.25, 0.3) is 0 Å². The van der Waals surface area contributed by atoms with Crippen molar-refractivity contribution in [2.45, 2.75) is 37.0 Å². The first kappa shape index (κ1) is 23.6. The number of carbonyl (C=O) groups excluding carboxylic acids is 1. The van der Waals surface area contributed by atoms with Gasteiger partial charge >= 0.3 is 0 Å². The van der Waals surface area contributed by atoms with Crippen LogP contribution in [0.5, 0.6) is 5.75 Å². The van der Waals surface area contributed by atoms with Gasteiger partial charge in [0, 0.05) is 19.2 Å². The number of hydrogen-bond donors (Lipinski definition) is 1. The Bertz CT molecular complexity index is 1230. The number of benzene rings is 2. The molecule has 4 rings (SSSR count). The van der Waals surface area contributed by atoms with Crippen molar-refractivity contribution < 1.29 is 17.9 Å². The van der Waals surface area contributed by atoms with Crippen molar-refractivity contribution in [3.8, 4) is 5.75 Å². The van der Waals surface area contributed by atoms with Gasteiger partial charge in [-0.2, -0.15) is 4.31 Å². The number of thioether (sulfide) groups is 1. The molecule has 0 radical (unpaired) electrons. The molecule has 1 aliphatic rings. The summed E-state index contributed by atoms with van der Waals surface area (Å²) in [4.78, 5) is 22.8. The highest BCUT2D eigenvalue weighted by atomic mass is 32.2.